The zero-order chi connectivity index (χ0) is 18.6. The minimum absolute atomic E-state index is 0.128. The van der Waals surface area contributed by atoms with Crippen LogP contribution in [-0.2, 0) is 11.2 Å². The monoisotopic (exact) mass is 358 g/mol. The molecule has 26 heavy (non-hydrogen) atoms. The third kappa shape index (κ3) is 4.06. The first-order chi connectivity index (χ1) is 12.6. The van der Waals surface area contributed by atoms with E-state index < -0.39 is 0 Å². The summed E-state index contributed by atoms with van der Waals surface area (Å²) in [5, 5.41) is 0. The van der Waals surface area contributed by atoms with Crippen LogP contribution in [0.15, 0.2) is 24.3 Å². The van der Waals surface area contributed by atoms with E-state index in [0.29, 0.717) is 18.4 Å². The van der Waals surface area contributed by atoms with Crippen molar-refractivity contribution in [3.05, 3.63) is 29.8 Å². The second-order valence-corrected chi connectivity index (χ2v) is 8.07. The van der Waals surface area contributed by atoms with Gasteiger partial charge in [0.1, 0.15) is 5.75 Å². The first-order valence-electron chi connectivity index (χ1n) is 10.2. The molecule has 144 valence electrons. The van der Waals surface area contributed by atoms with Crippen LogP contribution in [-0.4, -0.2) is 54.5 Å². The van der Waals surface area contributed by atoms with E-state index in [0.717, 1.165) is 31.7 Å². The number of carbonyl (C=O) groups excluding carboxylic acids is 1. The highest BCUT2D eigenvalue weighted by molar-refractivity contribution is 5.78. The van der Waals surface area contributed by atoms with Crippen molar-refractivity contribution in [1.82, 2.24) is 9.80 Å². The van der Waals surface area contributed by atoms with Crippen LogP contribution in [0.2, 0.25) is 0 Å². The maximum Gasteiger partial charge on any atom is 0.223 e. The highest BCUT2D eigenvalue weighted by Crippen LogP contribution is 2.43. The second kappa shape index (κ2) is 8.43. The van der Waals surface area contributed by atoms with Crippen LogP contribution in [0.4, 0.5) is 0 Å². The number of likely N-dealkylation sites (tertiary alicyclic amines) is 1. The van der Waals surface area contributed by atoms with Crippen molar-refractivity contribution >= 4 is 5.91 Å². The molecule has 1 aromatic rings. The molecule has 2 fully saturated rings. The van der Waals surface area contributed by atoms with Crippen LogP contribution in [0.5, 0.6) is 5.75 Å². The standard InChI is InChI=1S/C22H34N2O2/c1-4-23(2)19-16-22(14-6-5-7-15-22)24(17-19)21(25)13-10-18-8-11-20(26-3)12-9-18/h8-9,11-12,19H,4-7,10,13-17H2,1-3H3. The summed E-state index contributed by atoms with van der Waals surface area (Å²) in [6.45, 7) is 4.17. The van der Waals surface area contributed by atoms with Gasteiger partial charge in [-0.2, -0.15) is 0 Å². The van der Waals surface area contributed by atoms with E-state index in [4.69, 9.17) is 4.74 Å². The van der Waals surface area contributed by atoms with Gasteiger partial charge in [0.25, 0.3) is 0 Å². The van der Waals surface area contributed by atoms with Crippen LogP contribution in [0.25, 0.3) is 0 Å². The summed E-state index contributed by atoms with van der Waals surface area (Å²) in [6.07, 6.45) is 8.82. The van der Waals surface area contributed by atoms with Gasteiger partial charge in [-0.1, -0.05) is 38.3 Å². The third-order valence-electron chi connectivity index (χ3n) is 6.58. The van der Waals surface area contributed by atoms with E-state index in [1.807, 2.05) is 12.1 Å². The van der Waals surface area contributed by atoms with Crippen molar-refractivity contribution in [1.29, 1.82) is 0 Å². The fraction of sp³-hybridized carbons (Fsp3) is 0.682. The SMILES string of the molecule is CCN(C)C1CN(C(=O)CCc2ccc(OC)cc2)C2(CCCCC2)C1. The molecular weight excluding hydrogens is 324 g/mol. The van der Waals surface area contributed by atoms with Crippen LogP contribution < -0.4 is 4.74 Å². The minimum atomic E-state index is 0.128. The molecule has 0 radical (unpaired) electrons. The molecule has 1 saturated heterocycles. The molecular formula is C22H34N2O2. The molecule has 1 heterocycles. The second-order valence-electron chi connectivity index (χ2n) is 8.07. The molecule has 3 rings (SSSR count). The number of nitrogens with zero attached hydrogens (tertiary/aromatic N) is 2. The number of ether oxygens (including phenoxy) is 1. The number of carbonyl (C=O) groups is 1. The largest absolute Gasteiger partial charge is 0.497 e. The molecule has 2 aliphatic rings. The predicted octanol–water partition coefficient (Wildman–Crippen LogP) is 3.88. The molecule has 1 aliphatic carbocycles. The fourth-order valence-corrected chi connectivity index (χ4v) is 4.80. The number of hydrogen-bond acceptors (Lipinski definition) is 3. The molecule has 1 saturated carbocycles. The van der Waals surface area contributed by atoms with Crippen molar-refractivity contribution in [2.45, 2.75) is 69.9 Å². The number of aryl methyl sites for hydroxylation is 1. The van der Waals surface area contributed by atoms with E-state index in [9.17, 15) is 4.79 Å². The van der Waals surface area contributed by atoms with Gasteiger partial charge in [-0.15, -0.1) is 0 Å². The van der Waals surface area contributed by atoms with Crippen LogP contribution in [0, 0.1) is 0 Å². The maximum atomic E-state index is 13.2. The number of amides is 1. The van der Waals surface area contributed by atoms with E-state index in [1.54, 1.807) is 7.11 Å². The van der Waals surface area contributed by atoms with Crippen LogP contribution >= 0.6 is 0 Å². The normalized spacial score (nSPS) is 22.2. The predicted molar refractivity (Wildman–Crippen MR) is 106 cm³/mol. The zero-order valence-corrected chi connectivity index (χ0v) is 16.7. The van der Waals surface area contributed by atoms with Gasteiger partial charge in [-0.25, -0.2) is 0 Å². The fourth-order valence-electron chi connectivity index (χ4n) is 4.80. The van der Waals surface area contributed by atoms with E-state index >= 15 is 0 Å². The van der Waals surface area contributed by atoms with Gasteiger partial charge in [-0.3, -0.25) is 4.79 Å². The quantitative estimate of drug-likeness (QED) is 0.773. The van der Waals surface area contributed by atoms with Gasteiger partial charge < -0.3 is 14.5 Å². The molecule has 1 spiro atoms. The Labute approximate surface area is 158 Å². The summed E-state index contributed by atoms with van der Waals surface area (Å²) in [7, 11) is 3.88. The van der Waals surface area contributed by atoms with E-state index in [-0.39, 0.29) is 5.54 Å². The molecule has 1 amide bonds. The highest BCUT2D eigenvalue weighted by Gasteiger charge is 2.48. The van der Waals surface area contributed by atoms with Gasteiger partial charge >= 0.3 is 0 Å². The summed E-state index contributed by atoms with van der Waals surface area (Å²) in [4.78, 5) is 17.8. The summed E-state index contributed by atoms with van der Waals surface area (Å²) < 4.78 is 5.22. The summed E-state index contributed by atoms with van der Waals surface area (Å²) >= 11 is 0. The van der Waals surface area contributed by atoms with Crippen molar-refractivity contribution in [2.24, 2.45) is 0 Å². The number of rotatable bonds is 6. The Hall–Kier alpha value is -1.55. The molecule has 4 nitrogen and oxygen atoms in total. The smallest absolute Gasteiger partial charge is 0.223 e. The first-order valence-corrected chi connectivity index (χ1v) is 10.2. The molecule has 0 N–H and O–H groups in total. The summed E-state index contributed by atoms with van der Waals surface area (Å²) in [5.74, 6) is 1.21. The first kappa shape index (κ1) is 19.2. The molecule has 1 aliphatic heterocycles. The Morgan fingerprint density at radius 2 is 1.92 bits per heavy atom. The van der Waals surface area contributed by atoms with Crippen molar-refractivity contribution in [2.75, 3.05) is 27.2 Å². The Bertz CT molecular complexity index is 593. The Balaban J connectivity index is 1.66. The van der Waals surface area contributed by atoms with Gasteiger partial charge in [0, 0.05) is 24.5 Å². The maximum absolute atomic E-state index is 13.2. The van der Waals surface area contributed by atoms with Crippen molar-refractivity contribution in [3.63, 3.8) is 0 Å². The van der Waals surface area contributed by atoms with Crippen molar-refractivity contribution in [3.8, 4) is 5.75 Å². The lowest BCUT2D eigenvalue weighted by Crippen LogP contribution is -2.48. The average Bonchev–Trinajstić information content (AvgIpc) is 3.05. The number of benzene rings is 1. The minimum Gasteiger partial charge on any atom is -0.497 e. The van der Waals surface area contributed by atoms with Gasteiger partial charge in [0.15, 0.2) is 0 Å². The highest BCUT2D eigenvalue weighted by atomic mass is 16.5. The number of methoxy groups -OCH3 is 1. The lowest BCUT2D eigenvalue weighted by Gasteiger charge is -2.41. The Morgan fingerprint density at radius 1 is 1.23 bits per heavy atom. The van der Waals surface area contributed by atoms with Crippen molar-refractivity contribution < 1.29 is 9.53 Å². The van der Waals surface area contributed by atoms with Crippen LogP contribution in [0.3, 0.4) is 0 Å². The van der Waals surface area contributed by atoms with Gasteiger partial charge in [-0.05, 0) is 57.0 Å². The average molecular weight is 359 g/mol. The van der Waals surface area contributed by atoms with E-state index in [2.05, 4.69) is 35.9 Å². The number of hydrogen-bond donors (Lipinski definition) is 0. The van der Waals surface area contributed by atoms with Crippen LogP contribution in [0.1, 0.15) is 57.4 Å². The lowest BCUT2D eigenvalue weighted by atomic mass is 9.79. The molecule has 0 bridgehead atoms. The zero-order valence-electron chi connectivity index (χ0n) is 16.7. The Kier molecular flexibility index (Phi) is 6.23. The summed E-state index contributed by atoms with van der Waals surface area (Å²) in [5.41, 5.74) is 1.34. The molecule has 0 aromatic heterocycles. The molecule has 1 atom stereocenters. The number of likely N-dealkylation sites (N-methyl/N-ethyl adjacent to an activating group) is 1. The topological polar surface area (TPSA) is 32.8 Å². The summed E-state index contributed by atoms with van der Waals surface area (Å²) in [6, 6.07) is 8.61. The molecule has 1 unspecified atom stereocenters. The Morgan fingerprint density at radius 3 is 2.54 bits per heavy atom. The molecule has 1 aromatic carbocycles. The van der Waals surface area contributed by atoms with Gasteiger partial charge in [0.05, 0.1) is 7.11 Å². The third-order valence-corrected chi connectivity index (χ3v) is 6.58. The van der Waals surface area contributed by atoms with Gasteiger partial charge in [0.2, 0.25) is 5.91 Å². The lowest BCUT2D eigenvalue weighted by molar-refractivity contribution is -0.136. The van der Waals surface area contributed by atoms with E-state index in [1.165, 1.54) is 37.7 Å². The molecule has 4 heteroatoms.